The van der Waals surface area contributed by atoms with Gasteiger partial charge in [-0.05, 0) is 96.0 Å². The maximum atomic E-state index is 8.67. The van der Waals surface area contributed by atoms with Crippen LogP contribution < -0.4 is 10.5 Å². The molecule has 2 fully saturated rings. The molecule has 3 N–H and O–H groups in total. The molecule has 1 aromatic rings. The van der Waals surface area contributed by atoms with Crippen LogP contribution in [0.15, 0.2) is 71.7 Å². The van der Waals surface area contributed by atoms with Crippen molar-refractivity contribution in [2.75, 3.05) is 19.6 Å². The minimum Gasteiger partial charge on any atom is -0.474 e. The van der Waals surface area contributed by atoms with Crippen molar-refractivity contribution >= 4 is 5.71 Å². The molecular weight excluding hydrogens is 424 g/mol. The van der Waals surface area contributed by atoms with Gasteiger partial charge >= 0.3 is 0 Å². The standard InChI is InChI=1S/C15H22N2O.C13H20N2O/c1-2-10-17(9-1)11-3-4-13-5-8-15(16-12-13)18-14-6-7-14;1-5-6-10(2)9-11(3)7-8-13(15-16)12(4)14/h5,8,12,14H,1-4,6-7,9-11H2;5-6,9,16H,2,4,7-8,14H2,1,3H3/b;6-5-,11-9+,15-13+. The molecule has 34 heavy (non-hydrogen) atoms. The van der Waals surface area contributed by atoms with E-state index in [2.05, 4.69) is 34.3 Å². The molecule has 186 valence electrons. The van der Waals surface area contributed by atoms with E-state index in [1.807, 2.05) is 44.3 Å². The molecule has 6 heteroatoms. The largest absolute Gasteiger partial charge is 0.474 e. The number of nitrogens with two attached hydrogens (primary N) is 1. The van der Waals surface area contributed by atoms with Crippen molar-refractivity contribution < 1.29 is 9.94 Å². The molecule has 1 saturated heterocycles. The van der Waals surface area contributed by atoms with Crippen LogP contribution in [0.4, 0.5) is 0 Å². The molecule has 1 aromatic heterocycles. The Balaban J connectivity index is 0.000000243. The van der Waals surface area contributed by atoms with Crippen molar-refractivity contribution in [3.63, 3.8) is 0 Å². The molecule has 0 amide bonds. The highest BCUT2D eigenvalue weighted by Crippen LogP contribution is 2.25. The number of rotatable bonds is 12. The maximum absolute atomic E-state index is 8.67. The minimum atomic E-state index is 0.308. The van der Waals surface area contributed by atoms with Crippen LogP contribution in [0.1, 0.15) is 64.4 Å². The van der Waals surface area contributed by atoms with E-state index in [4.69, 9.17) is 15.7 Å². The van der Waals surface area contributed by atoms with Crippen LogP contribution in [-0.2, 0) is 6.42 Å². The van der Waals surface area contributed by atoms with Gasteiger partial charge in [-0.3, -0.25) is 0 Å². The Bertz CT molecular complexity index is 861. The Morgan fingerprint density at radius 3 is 2.56 bits per heavy atom. The summed E-state index contributed by atoms with van der Waals surface area (Å²) in [6, 6.07) is 4.18. The molecule has 0 aromatic carbocycles. The van der Waals surface area contributed by atoms with Gasteiger partial charge in [-0.25, -0.2) is 4.98 Å². The summed E-state index contributed by atoms with van der Waals surface area (Å²) >= 11 is 0. The van der Waals surface area contributed by atoms with E-state index in [0.717, 1.165) is 29.9 Å². The van der Waals surface area contributed by atoms with E-state index in [1.165, 1.54) is 57.3 Å². The molecule has 2 heterocycles. The smallest absolute Gasteiger partial charge is 0.213 e. The second-order valence-corrected chi connectivity index (χ2v) is 9.11. The monoisotopic (exact) mass is 466 g/mol. The number of ether oxygens (including phenoxy) is 1. The number of hydrogen-bond acceptors (Lipinski definition) is 6. The van der Waals surface area contributed by atoms with Crippen molar-refractivity contribution in [3.8, 4) is 5.88 Å². The summed E-state index contributed by atoms with van der Waals surface area (Å²) in [6.07, 6.45) is 17.2. The van der Waals surface area contributed by atoms with Gasteiger partial charge in [0.1, 0.15) is 11.8 Å². The van der Waals surface area contributed by atoms with Gasteiger partial charge in [0.05, 0.1) is 0 Å². The molecule has 0 radical (unpaired) electrons. The first-order chi connectivity index (χ1) is 16.4. The van der Waals surface area contributed by atoms with Crippen LogP contribution in [0.3, 0.4) is 0 Å². The topological polar surface area (TPSA) is 84.0 Å². The second-order valence-electron chi connectivity index (χ2n) is 9.11. The lowest BCUT2D eigenvalue weighted by atomic mass is 10.1. The first kappa shape index (κ1) is 27.4. The van der Waals surface area contributed by atoms with E-state index in [0.29, 0.717) is 23.9 Å². The Morgan fingerprint density at radius 1 is 1.26 bits per heavy atom. The number of aromatic nitrogens is 1. The van der Waals surface area contributed by atoms with Crippen molar-refractivity contribution in [1.29, 1.82) is 0 Å². The maximum Gasteiger partial charge on any atom is 0.213 e. The Kier molecular flexibility index (Phi) is 12.2. The first-order valence-corrected chi connectivity index (χ1v) is 12.4. The third-order valence-electron chi connectivity index (χ3n) is 5.81. The van der Waals surface area contributed by atoms with E-state index >= 15 is 0 Å². The predicted octanol–water partition coefficient (Wildman–Crippen LogP) is 5.80. The lowest BCUT2D eigenvalue weighted by molar-refractivity contribution is 0.291. The summed E-state index contributed by atoms with van der Waals surface area (Å²) in [5, 5.41) is 11.8. The normalized spacial score (nSPS) is 16.9. The fourth-order valence-electron chi connectivity index (χ4n) is 3.74. The van der Waals surface area contributed by atoms with E-state index < -0.39 is 0 Å². The number of nitrogens with zero attached hydrogens (tertiary/aromatic N) is 3. The van der Waals surface area contributed by atoms with Crippen molar-refractivity contribution in [3.05, 3.63) is 72.1 Å². The Hall–Kier alpha value is -2.86. The first-order valence-electron chi connectivity index (χ1n) is 12.4. The number of pyridine rings is 1. The van der Waals surface area contributed by atoms with Crippen LogP contribution >= 0.6 is 0 Å². The third kappa shape index (κ3) is 11.3. The Morgan fingerprint density at radius 2 is 2.00 bits per heavy atom. The van der Waals surface area contributed by atoms with Crippen LogP contribution in [0.2, 0.25) is 0 Å². The summed E-state index contributed by atoms with van der Waals surface area (Å²) in [5.74, 6) is 0.792. The molecular formula is C28H42N4O2. The van der Waals surface area contributed by atoms with E-state index in [1.54, 1.807) is 0 Å². The summed E-state index contributed by atoms with van der Waals surface area (Å²) in [6.45, 7) is 15.2. The predicted molar refractivity (Wildman–Crippen MR) is 141 cm³/mol. The zero-order valence-electron chi connectivity index (χ0n) is 21.0. The third-order valence-corrected chi connectivity index (χ3v) is 5.81. The highest BCUT2D eigenvalue weighted by molar-refractivity contribution is 5.98. The summed E-state index contributed by atoms with van der Waals surface area (Å²) in [7, 11) is 0. The summed E-state index contributed by atoms with van der Waals surface area (Å²) in [4.78, 5) is 6.94. The molecule has 0 atom stereocenters. The molecule has 1 aliphatic heterocycles. The zero-order valence-corrected chi connectivity index (χ0v) is 21.0. The number of hydrogen-bond donors (Lipinski definition) is 2. The zero-order chi connectivity index (χ0) is 24.8. The lowest BCUT2D eigenvalue weighted by Crippen LogP contribution is -2.20. The van der Waals surface area contributed by atoms with Gasteiger partial charge in [0.15, 0.2) is 0 Å². The number of oxime groups is 1. The fraction of sp³-hybridized carbons (Fsp3) is 0.500. The molecule has 0 spiro atoms. The molecule has 3 rings (SSSR count). The summed E-state index contributed by atoms with van der Waals surface area (Å²) < 4.78 is 5.65. The van der Waals surface area contributed by atoms with Gasteiger partial charge in [0, 0.05) is 18.0 Å². The van der Waals surface area contributed by atoms with Crippen molar-refractivity contribution in [1.82, 2.24) is 9.88 Å². The van der Waals surface area contributed by atoms with Gasteiger partial charge in [0.25, 0.3) is 0 Å². The van der Waals surface area contributed by atoms with Gasteiger partial charge in [-0.1, -0.05) is 48.2 Å². The van der Waals surface area contributed by atoms with Crippen LogP contribution in [0.25, 0.3) is 0 Å². The average Bonchev–Trinajstić information content (AvgIpc) is 3.46. The molecule has 0 unspecified atom stereocenters. The Labute approximate surface area is 205 Å². The minimum absolute atomic E-state index is 0.308. The molecule has 6 nitrogen and oxygen atoms in total. The number of allylic oxidation sites excluding steroid dienone is 6. The lowest BCUT2D eigenvalue weighted by Gasteiger charge is -2.13. The van der Waals surface area contributed by atoms with E-state index in [9.17, 15) is 0 Å². The van der Waals surface area contributed by atoms with Gasteiger partial charge in [0.2, 0.25) is 5.88 Å². The van der Waals surface area contributed by atoms with Gasteiger partial charge in [-0.15, -0.1) is 0 Å². The second kappa shape index (κ2) is 15.1. The van der Waals surface area contributed by atoms with Crippen LogP contribution in [0, 0.1) is 0 Å². The highest BCUT2D eigenvalue weighted by atomic mass is 16.5. The molecule has 2 aliphatic rings. The molecule has 1 aliphatic carbocycles. The fourth-order valence-corrected chi connectivity index (χ4v) is 3.74. The summed E-state index contributed by atoms with van der Waals surface area (Å²) in [5.41, 5.74) is 9.63. The number of aryl methyl sites for hydroxylation is 1. The van der Waals surface area contributed by atoms with Crippen molar-refractivity contribution in [2.45, 2.75) is 71.3 Å². The van der Waals surface area contributed by atoms with Crippen LogP contribution in [0.5, 0.6) is 5.88 Å². The molecule has 1 saturated carbocycles. The van der Waals surface area contributed by atoms with Crippen molar-refractivity contribution in [2.24, 2.45) is 10.9 Å². The van der Waals surface area contributed by atoms with Crippen LogP contribution in [-0.4, -0.2) is 46.5 Å². The number of likely N-dealkylation sites (tertiary alicyclic amines) is 1. The highest BCUT2D eigenvalue weighted by Gasteiger charge is 2.23. The quantitative estimate of drug-likeness (QED) is 0.176. The molecule has 0 bridgehead atoms. The van der Waals surface area contributed by atoms with E-state index in [-0.39, 0.29) is 0 Å². The van der Waals surface area contributed by atoms with Gasteiger partial charge < -0.3 is 20.6 Å². The average molecular weight is 467 g/mol. The van der Waals surface area contributed by atoms with Gasteiger partial charge in [-0.2, -0.15) is 0 Å². The SMILES string of the molecule is C=C(/C=C\C)/C=C(\C)CC/C(=N\O)C(=C)N.c1cc(OC2CC2)ncc1CCCN1CCCC1.